The number of hydrogen-bond acceptors (Lipinski definition) is 5. The normalized spacial score (nSPS) is 12.3. The summed E-state index contributed by atoms with van der Waals surface area (Å²) < 4.78 is 35.7. The Morgan fingerprint density at radius 1 is 0.968 bits per heavy atom. The van der Waals surface area contributed by atoms with Crippen molar-refractivity contribution in [3.63, 3.8) is 0 Å². The third kappa shape index (κ3) is 8.13. The zero-order chi connectivity index (χ0) is 23.0. The van der Waals surface area contributed by atoms with Crippen LogP contribution in [0, 0.1) is 0 Å². The van der Waals surface area contributed by atoms with E-state index in [4.69, 9.17) is 9.47 Å². The summed E-state index contributed by atoms with van der Waals surface area (Å²) in [5, 5.41) is 2.88. The third-order valence-corrected chi connectivity index (χ3v) is 5.82. The van der Waals surface area contributed by atoms with E-state index in [0.717, 1.165) is 24.8 Å². The van der Waals surface area contributed by atoms with Crippen LogP contribution in [-0.4, -0.2) is 46.4 Å². The van der Waals surface area contributed by atoms with E-state index in [1.54, 1.807) is 31.2 Å². The van der Waals surface area contributed by atoms with Crippen molar-refractivity contribution in [3.05, 3.63) is 54.1 Å². The molecule has 2 aromatic rings. The first-order valence-electron chi connectivity index (χ1n) is 10.3. The van der Waals surface area contributed by atoms with Crippen LogP contribution in [0.4, 0.5) is 5.69 Å². The summed E-state index contributed by atoms with van der Waals surface area (Å²) in [4.78, 5) is 12.3. The van der Waals surface area contributed by atoms with Gasteiger partial charge in [0.25, 0.3) is 5.91 Å². The number of anilines is 1. The zero-order valence-corrected chi connectivity index (χ0v) is 19.6. The van der Waals surface area contributed by atoms with Crippen molar-refractivity contribution in [2.24, 2.45) is 0 Å². The van der Waals surface area contributed by atoms with Gasteiger partial charge in [0.2, 0.25) is 10.0 Å². The summed E-state index contributed by atoms with van der Waals surface area (Å²) in [6, 6.07) is 14.6. The lowest BCUT2D eigenvalue weighted by atomic mass is 10.1. The number of carbonyl (C=O) groups excluding carboxylic acids is 1. The highest BCUT2D eigenvalue weighted by Gasteiger charge is 2.15. The fourth-order valence-electron chi connectivity index (χ4n) is 2.84. The Hall–Kier alpha value is -2.74. The molecule has 0 saturated heterocycles. The van der Waals surface area contributed by atoms with E-state index in [1.165, 1.54) is 16.9 Å². The number of sulfonamides is 1. The fourth-order valence-corrected chi connectivity index (χ4v) is 3.34. The standard InChI is InChI=1S/C23H32N2O5S/c1-17(2)29-21-12-8-19(9-13-21)7-6-16-24-23(26)18(3)30-22-14-10-20(11-15-22)25(4)31(5,27)28/h8-15,17-18H,6-7,16H2,1-5H3,(H,24,26)/t18-/m0/s1. The number of nitrogens with one attached hydrogen (secondary N) is 1. The van der Waals surface area contributed by atoms with Gasteiger partial charge in [0.05, 0.1) is 18.0 Å². The molecule has 0 aliphatic rings. The van der Waals surface area contributed by atoms with Gasteiger partial charge in [0.15, 0.2) is 6.10 Å². The highest BCUT2D eigenvalue weighted by atomic mass is 32.2. The summed E-state index contributed by atoms with van der Waals surface area (Å²) in [5.74, 6) is 1.16. The van der Waals surface area contributed by atoms with Gasteiger partial charge in [-0.3, -0.25) is 9.10 Å². The van der Waals surface area contributed by atoms with Gasteiger partial charge in [-0.2, -0.15) is 0 Å². The van der Waals surface area contributed by atoms with Crippen molar-refractivity contribution < 1.29 is 22.7 Å². The maximum Gasteiger partial charge on any atom is 0.260 e. The Morgan fingerprint density at radius 3 is 2.06 bits per heavy atom. The molecule has 0 bridgehead atoms. The van der Waals surface area contributed by atoms with Crippen molar-refractivity contribution in [2.75, 3.05) is 24.2 Å². The molecular formula is C23H32N2O5S. The highest BCUT2D eigenvalue weighted by Crippen LogP contribution is 2.21. The maximum atomic E-state index is 12.3. The summed E-state index contributed by atoms with van der Waals surface area (Å²) >= 11 is 0. The summed E-state index contributed by atoms with van der Waals surface area (Å²) in [7, 11) is -1.84. The maximum absolute atomic E-state index is 12.3. The van der Waals surface area contributed by atoms with Gasteiger partial charge in [-0.1, -0.05) is 12.1 Å². The van der Waals surface area contributed by atoms with Gasteiger partial charge in [-0.25, -0.2) is 8.42 Å². The van der Waals surface area contributed by atoms with E-state index in [0.29, 0.717) is 18.0 Å². The van der Waals surface area contributed by atoms with Gasteiger partial charge in [-0.15, -0.1) is 0 Å². The van der Waals surface area contributed by atoms with Gasteiger partial charge in [0, 0.05) is 13.6 Å². The van der Waals surface area contributed by atoms with Gasteiger partial charge < -0.3 is 14.8 Å². The lowest BCUT2D eigenvalue weighted by Crippen LogP contribution is -2.36. The van der Waals surface area contributed by atoms with Gasteiger partial charge in [0.1, 0.15) is 11.5 Å². The highest BCUT2D eigenvalue weighted by molar-refractivity contribution is 7.92. The molecule has 0 radical (unpaired) electrons. The van der Waals surface area contributed by atoms with E-state index >= 15 is 0 Å². The molecule has 0 aliphatic heterocycles. The first-order valence-corrected chi connectivity index (χ1v) is 12.1. The largest absolute Gasteiger partial charge is 0.491 e. The summed E-state index contributed by atoms with van der Waals surface area (Å²) in [5.41, 5.74) is 1.71. The van der Waals surface area contributed by atoms with Crippen LogP contribution in [-0.2, 0) is 21.2 Å². The Bertz CT molecular complexity index is 941. The molecule has 1 atom stereocenters. The molecule has 0 aromatic heterocycles. The molecule has 31 heavy (non-hydrogen) atoms. The molecule has 7 nitrogen and oxygen atoms in total. The second kappa shape index (κ2) is 11.0. The predicted octanol–water partition coefficient (Wildman–Crippen LogP) is 3.39. The molecule has 0 saturated carbocycles. The summed E-state index contributed by atoms with van der Waals surface area (Å²) in [6.45, 7) is 6.22. The van der Waals surface area contributed by atoms with Crippen LogP contribution in [0.5, 0.6) is 11.5 Å². The second-order valence-corrected chi connectivity index (χ2v) is 9.70. The Balaban J connectivity index is 1.75. The molecule has 2 aromatic carbocycles. The van der Waals surface area contributed by atoms with Crippen LogP contribution in [0.3, 0.4) is 0 Å². The van der Waals surface area contributed by atoms with Crippen molar-refractivity contribution >= 4 is 21.6 Å². The lowest BCUT2D eigenvalue weighted by Gasteiger charge is -2.18. The molecule has 2 rings (SSSR count). The van der Waals surface area contributed by atoms with Crippen LogP contribution < -0.4 is 19.1 Å². The number of amides is 1. The van der Waals surface area contributed by atoms with Crippen molar-refractivity contribution in [1.82, 2.24) is 5.32 Å². The van der Waals surface area contributed by atoms with E-state index < -0.39 is 16.1 Å². The molecule has 0 spiro atoms. The van der Waals surface area contributed by atoms with Gasteiger partial charge >= 0.3 is 0 Å². The molecule has 8 heteroatoms. The number of hydrogen-bond donors (Lipinski definition) is 1. The average Bonchev–Trinajstić information content (AvgIpc) is 2.71. The number of benzene rings is 2. The zero-order valence-electron chi connectivity index (χ0n) is 18.8. The quantitative estimate of drug-likeness (QED) is 0.533. The van der Waals surface area contributed by atoms with Crippen LogP contribution in [0.2, 0.25) is 0 Å². The molecule has 0 fully saturated rings. The van der Waals surface area contributed by atoms with E-state index in [2.05, 4.69) is 5.32 Å². The molecule has 170 valence electrons. The van der Waals surface area contributed by atoms with Crippen molar-refractivity contribution in [2.45, 2.75) is 45.8 Å². The molecule has 1 N–H and O–H groups in total. The van der Waals surface area contributed by atoms with Crippen LogP contribution >= 0.6 is 0 Å². The lowest BCUT2D eigenvalue weighted by molar-refractivity contribution is -0.127. The van der Waals surface area contributed by atoms with Gasteiger partial charge in [-0.05, 0) is 75.6 Å². The molecule has 0 aliphatic carbocycles. The first-order chi connectivity index (χ1) is 14.6. The number of nitrogens with zero attached hydrogens (tertiary/aromatic N) is 1. The number of aryl methyl sites for hydroxylation is 1. The van der Waals surface area contributed by atoms with E-state index in [-0.39, 0.29) is 12.0 Å². The van der Waals surface area contributed by atoms with Crippen LogP contribution in [0.15, 0.2) is 48.5 Å². The topological polar surface area (TPSA) is 84.9 Å². The first kappa shape index (κ1) is 24.5. The molecule has 1 amide bonds. The fraction of sp³-hybridized carbons (Fsp3) is 0.435. The Labute approximate surface area is 185 Å². The second-order valence-electron chi connectivity index (χ2n) is 7.69. The average molecular weight is 449 g/mol. The predicted molar refractivity (Wildman–Crippen MR) is 123 cm³/mol. The minimum Gasteiger partial charge on any atom is -0.491 e. The number of rotatable bonds is 11. The molecule has 0 heterocycles. The minimum atomic E-state index is -3.32. The number of ether oxygens (including phenoxy) is 2. The summed E-state index contributed by atoms with van der Waals surface area (Å²) in [6.07, 6.45) is 2.30. The van der Waals surface area contributed by atoms with Crippen molar-refractivity contribution in [3.8, 4) is 11.5 Å². The Morgan fingerprint density at radius 2 is 1.52 bits per heavy atom. The third-order valence-electron chi connectivity index (χ3n) is 4.62. The number of carbonyl (C=O) groups is 1. The minimum absolute atomic E-state index is 0.150. The molecule has 0 unspecified atom stereocenters. The van der Waals surface area contributed by atoms with E-state index in [9.17, 15) is 13.2 Å². The van der Waals surface area contributed by atoms with Crippen LogP contribution in [0.25, 0.3) is 0 Å². The Kier molecular flexibility index (Phi) is 8.74. The molecular weight excluding hydrogens is 416 g/mol. The SMILES string of the molecule is CC(C)Oc1ccc(CCCNC(=O)[C@H](C)Oc2ccc(N(C)S(C)(=O)=O)cc2)cc1. The van der Waals surface area contributed by atoms with Crippen molar-refractivity contribution in [1.29, 1.82) is 0 Å². The monoisotopic (exact) mass is 448 g/mol. The van der Waals surface area contributed by atoms with E-state index in [1.807, 2.05) is 38.1 Å². The smallest absolute Gasteiger partial charge is 0.260 e. The van der Waals surface area contributed by atoms with Crippen LogP contribution in [0.1, 0.15) is 32.8 Å².